The van der Waals surface area contributed by atoms with Gasteiger partial charge in [0.15, 0.2) is 0 Å². The highest BCUT2D eigenvalue weighted by molar-refractivity contribution is 8.00. The number of rotatable bonds is 6. The van der Waals surface area contributed by atoms with E-state index in [9.17, 15) is 14.4 Å². The smallest absolute Gasteiger partial charge is 0.240 e. The molecule has 0 atom stereocenters. The van der Waals surface area contributed by atoms with Crippen LogP contribution in [-0.4, -0.2) is 53.7 Å². The van der Waals surface area contributed by atoms with E-state index >= 15 is 0 Å². The number of ether oxygens (including phenoxy) is 1. The van der Waals surface area contributed by atoms with Crippen molar-refractivity contribution in [3.63, 3.8) is 0 Å². The van der Waals surface area contributed by atoms with Crippen LogP contribution in [0.25, 0.3) is 0 Å². The maximum atomic E-state index is 12.2. The summed E-state index contributed by atoms with van der Waals surface area (Å²) >= 11 is 1.76. The minimum absolute atomic E-state index is 0.131. The largest absolute Gasteiger partial charge is 0.381 e. The molecule has 0 unspecified atom stereocenters. The summed E-state index contributed by atoms with van der Waals surface area (Å²) in [6.07, 6.45) is 2.09. The van der Waals surface area contributed by atoms with Crippen molar-refractivity contribution in [3.05, 3.63) is 30.3 Å². The molecule has 0 aromatic heterocycles. The van der Waals surface area contributed by atoms with Crippen molar-refractivity contribution in [2.24, 2.45) is 0 Å². The number of benzene rings is 1. The van der Waals surface area contributed by atoms with Crippen molar-refractivity contribution in [1.29, 1.82) is 0 Å². The Labute approximate surface area is 151 Å². The third-order valence-electron chi connectivity index (χ3n) is 4.55. The third kappa shape index (κ3) is 4.61. The maximum Gasteiger partial charge on any atom is 0.240 e. The summed E-state index contributed by atoms with van der Waals surface area (Å²) in [6.45, 7) is 1.64. The van der Waals surface area contributed by atoms with Gasteiger partial charge in [-0.3, -0.25) is 19.3 Å². The van der Waals surface area contributed by atoms with Crippen LogP contribution < -0.4 is 5.32 Å². The highest BCUT2D eigenvalue weighted by atomic mass is 32.2. The molecule has 3 amide bonds. The predicted octanol–water partition coefficient (Wildman–Crippen LogP) is 1.59. The Morgan fingerprint density at radius 1 is 1.12 bits per heavy atom. The highest BCUT2D eigenvalue weighted by Crippen LogP contribution is 2.40. The summed E-state index contributed by atoms with van der Waals surface area (Å²) in [5.74, 6) is -0.817. The molecule has 2 fully saturated rings. The van der Waals surface area contributed by atoms with Crippen molar-refractivity contribution >= 4 is 29.5 Å². The number of likely N-dealkylation sites (tertiary alicyclic amines) is 1. The second kappa shape index (κ2) is 8.01. The summed E-state index contributed by atoms with van der Waals surface area (Å²) in [7, 11) is 0. The van der Waals surface area contributed by atoms with E-state index in [1.807, 2.05) is 18.2 Å². The Morgan fingerprint density at radius 2 is 1.76 bits per heavy atom. The summed E-state index contributed by atoms with van der Waals surface area (Å²) in [5.41, 5.74) is 0. The first-order valence-electron chi connectivity index (χ1n) is 8.50. The van der Waals surface area contributed by atoms with Crippen LogP contribution in [-0.2, 0) is 19.1 Å². The number of nitrogens with zero attached hydrogens (tertiary/aromatic N) is 1. The zero-order chi connectivity index (χ0) is 17.7. The van der Waals surface area contributed by atoms with Crippen molar-refractivity contribution in [2.75, 3.05) is 26.3 Å². The number of hydrogen-bond donors (Lipinski definition) is 1. The predicted molar refractivity (Wildman–Crippen MR) is 94.0 cm³/mol. The summed E-state index contributed by atoms with van der Waals surface area (Å²) in [6, 6.07) is 10.1. The van der Waals surface area contributed by atoms with Crippen molar-refractivity contribution in [1.82, 2.24) is 10.2 Å². The van der Waals surface area contributed by atoms with Gasteiger partial charge in [0.2, 0.25) is 17.7 Å². The van der Waals surface area contributed by atoms with Crippen LogP contribution in [0.3, 0.4) is 0 Å². The average Bonchev–Trinajstić information content (AvgIpc) is 2.94. The topological polar surface area (TPSA) is 75.7 Å². The fourth-order valence-corrected chi connectivity index (χ4v) is 4.36. The molecule has 0 saturated carbocycles. The Balaban J connectivity index is 1.59. The second-order valence-corrected chi connectivity index (χ2v) is 7.90. The van der Waals surface area contributed by atoms with Gasteiger partial charge in [-0.25, -0.2) is 0 Å². The van der Waals surface area contributed by atoms with Crippen LogP contribution in [0, 0.1) is 0 Å². The van der Waals surface area contributed by atoms with Gasteiger partial charge in [0.1, 0.15) is 6.54 Å². The standard InChI is InChI=1S/C18H22N2O4S/c21-15(12-20-16(22)6-7-17(20)23)19-13-18(8-10-24-11-9-18)25-14-4-2-1-3-5-14/h1-5H,6-13H2,(H,19,21). The quantitative estimate of drug-likeness (QED) is 0.778. The Hall–Kier alpha value is -1.86. The first-order chi connectivity index (χ1) is 12.1. The van der Waals surface area contributed by atoms with Gasteiger partial charge in [0.25, 0.3) is 0 Å². The monoisotopic (exact) mass is 362 g/mol. The molecule has 0 radical (unpaired) electrons. The molecule has 0 spiro atoms. The van der Waals surface area contributed by atoms with E-state index in [0.717, 1.165) is 22.6 Å². The van der Waals surface area contributed by atoms with Gasteiger partial charge in [-0.1, -0.05) is 18.2 Å². The molecule has 1 aromatic carbocycles. The zero-order valence-electron chi connectivity index (χ0n) is 14.0. The minimum atomic E-state index is -0.289. The molecule has 0 bridgehead atoms. The Bertz CT molecular complexity index is 628. The third-order valence-corrected chi connectivity index (χ3v) is 6.04. The average molecular weight is 362 g/mol. The van der Waals surface area contributed by atoms with Gasteiger partial charge in [-0.15, -0.1) is 11.8 Å². The number of carbonyl (C=O) groups excluding carboxylic acids is 3. The molecule has 25 heavy (non-hydrogen) atoms. The van der Waals surface area contributed by atoms with Crippen molar-refractivity contribution in [3.8, 4) is 0 Å². The lowest BCUT2D eigenvalue weighted by Gasteiger charge is -2.36. The molecule has 6 nitrogen and oxygen atoms in total. The molecule has 2 aliphatic heterocycles. The van der Waals surface area contributed by atoms with E-state index in [-0.39, 0.29) is 41.9 Å². The van der Waals surface area contributed by atoms with E-state index in [1.54, 1.807) is 11.8 Å². The van der Waals surface area contributed by atoms with Crippen LogP contribution in [0.2, 0.25) is 0 Å². The summed E-state index contributed by atoms with van der Waals surface area (Å²) < 4.78 is 5.35. The number of amides is 3. The van der Waals surface area contributed by atoms with Crippen LogP contribution in [0.4, 0.5) is 0 Å². The van der Waals surface area contributed by atoms with Gasteiger partial charge >= 0.3 is 0 Å². The van der Waals surface area contributed by atoms with Gasteiger partial charge in [-0.2, -0.15) is 0 Å². The lowest BCUT2D eigenvalue weighted by atomic mass is 9.99. The van der Waals surface area contributed by atoms with Gasteiger partial charge < -0.3 is 10.1 Å². The Morgan fingerprint density at radius 3 is 2.40 bits per heavy atom. The maximum absolute atomic E-state index is 12.2. The van der Waals surface area contributed by atoms with Crippen LogP contribution >= 0.6 is 11.8 Å². The first kappa shape index (κ1) is 17.9. The molecule has 134 valence electrons. The molecular weight excluding hydrogens is 340 g/mol. The van der Waals surface area contributed by atoms with Crippen LogP contribution in [0.1, 0.15) is 25.7 Å². The number of nitrogens with one attached hydrogen (secondary N) is 1. The number of thioether (sulfide) groups is 1. The van der Waals surface area contributed by atoms with E-state index < -0.39 is 0 Å². The van der Waals surface area contributed by atoms with E-state index in [2.05, 4.69) is 17.4 Å². The SMILES string of the molecule is O=C(CN1C(=O)CCC1=O)NCC1(Sc2ccccc2)CCOCC1. The lowest BCUT2D eigenvalue weighted by Crippen LogP contribution is -2.47. The van der Waals surface area contributed by atoms with Crippen molar-refractivity contribution in [2.45, 2.75) is 35.3 Å². The minimum Gasteiger partial charge on any atom is -0.381 e. The van der Waals surface area contributed by atoms with Crippen molar-refractivity contribution < 1.29 is 19.1 Å². The van der Waals surface area contributed by atoms with Crippen LogP contribution in [0.15, 0.2) is 35.2 Å². The molecule has 2 heterocycles. The second-order valence-electron chi connectivity index (χ2n) is 6.36. The van der Waals surface area contributed by atoms with E-state index in [0.29, 0.717) is 19.8 Å². The fraction of sp³-hybridized carbons (Fsp3) is 0.500. The van der Waals surface area contributed by atoms with Gasteiger partial charge in [-0.05, 0) is 25.0 Å². The number of hydrogen-bond acceptors (Lipinski definition) is 5. The number of carbonyl (C=O) groups is 3. The summed E-state index contributed by atoms with van der Waals surface area (Å²) in [5, 5.41) is 2.92. The zero-order valence-corrected chi connectivity index (χ0v) is 14.8. The molecule has 7 heteroatoms. The number of imide groups is 1. The van der Waals surface area contributed by atoms with Crippen LogP contribution in [0.5, 0.6) is 0 Å². The molecule has 2 saturated heterocycles. The molecule has 0 aliphatic carbocycles. The summed E-state index contributed by atoms with van der Waals surface area (Å²) in [4.78, 5) is 37.7. The van der Waals surface area contributed by atoms with Gasteiger partial charge in [0, 0.05) is 42.2 Å². The molecule has 1 aromatic rings. The fourth-order valence-electron chi connectivity index (χ4n) is 3.06. The Kier molecular flexibility index (Phi) is 5.75. The molecule has 2 aliphatic rings. The van der Waals surface area contributed by atoms with Gasteiger partial charge in [0.05, 0.1) is 0 Å². The highest BCUT2D eigenvalue weighted by Gasteiger charge is 2.35. The lowest BCUT2D eigenvalue weighted by molar-refractivity contribution is -0.142. The molecule has 3 rings (SSSR count). The molecule has 1 N–H and O–H groups in total. The van der Waals surface area contributed by atoms with E-state index in [1.165, 1.54) is 0 Å². The van der Waals surface area contributed by atoms with E-state index in [4.69, 9.17) is 4.74 Å². The molecular formula is C18H22N2O4S. The normalized spacial score (nSPS) is 19.9. The first-order valence-corrected chi connectivity index (χ1v) is 9.31.